The lowest BCUT2D eigenvalue weighted by atomic mass is 10.2. The molecule has 0 aliphatic rings. The van der Waals surface area contributed by atoms with Gasteiger partial charge < -0.3 is 10.3 Å². The normalized spacial score (nSPS) is 10.3. The molecule has 9 heteroatoms. The van der Waals surface area contributed by atoms with Crippen LogP contribution in [0.1, 0.15) is 12.5 Å². The van der Waals surface area contributed by atoms with E-state index in [4.69, 9.17) is 0 Å². The van der Waals surface area contributed by atoms with Gasteiger partial charge in [0.2, 0.25) is 0 Å². The van der Waals surface area contributed by atoms with Crippen molar-refractivity contribution >= 4 is 52.6 Å². The maximum Gasteiger partial charge on any atom is 0.326 e. The summed E-state index contributed by atoms with van der Waals surface area (Å²) in [5.74, 6) is 0.732. The number of aromatic amines is 1. The first-order chi connectivity index (χ1) is 11.8. The highest BCUT2D eigenvalue weighted by Gasteiger charge is 2.10. The predicted octanol–water partition coefficient (Wildman–Crippen LogP) is 3.14. The minimum Gasteiger partial charge on any atom is -0.365 e. The van der Waals surface area contributed by atoms with Gasteiger partial charge in [-0.25, -0.2) is 14.8 Å². The molecule has 0 saturated heterocycles. The van der Waals surface area contributed by atoms with Crippen molar-refractivity contribution in [3.63, 3.8) is 0 Å². The molecule has 0 aliphatic heterocycles. The molecule has 4 rings (SSSR count). The highest BCUT2D eigenvalue weighted by molar-refractivity contribution is 5.98. The maximum absolute atomic E-state index is 12.0. The van der Waals surface area contributed by atoms with Gasteiger partial charge in [0.15, 0.2) is 0 Å². The molecule has 0 saturated carbocycles. The van der Waals surface area contributed by atoms with E-state index >= 15 is 0 Å². The summed E-state index contributed by atoms with van der Waals surface area (Å²) in [6.45, 7) is 3.17. The molecule has 3 aromatic heterocycles. The first-order valence-corrected chi connectivity index (χ1v) is 7.76. The van der Waals surface area contributed by atoms with Crippen LogP contribution in [0.2, 0.25) is 0 Å². The molecule has 0 atom stereocenters. The number of anilines is 1. The fraction of sp³-hybridized carbons (Fsp3) is 0.176. The van der Waals surface area contributed by atoms with Crippen LogP contribution in [0.4, 0.5) is 5.82 Å². The van der Waals surface area contributed by atoms with Crippen LogP contribution in [-0.4, -0.2) is 24.5 Å². The van der Waals surface area contributed by atoms with Gasteiger partial charge in [0, 0.05) is 30.9 Å². The number of rotatable bonds is 4. The maximum atomic E-state index is 12.0. The van der Waals surface area contributed by atoms with E-state index in [9.17, 15) is 4.79 Å². The van der Waals surface area contributed by atoms with E-state index in [-0.39, 0.29) is 30.5 Å². The summed E-state index contributed by atoms with van der Waals surface area (Å²) < 4.78 is 1.69. The lowest BCUT2D eigenvalue weighted by molar-refractivity contribution is 0.753. The summed E-state index contributed by atoms with van der Waals surface area (Å²) in [5, 5.41) is 4.19. The Morgan fingerprint density at radius 2 is 2.08 bits per heavy atom. The minimum absolute atomic E-state index is 0. The number of hydrogen-bond acceptors (Lipinski definition) is 5. The summed E-state index contributed by atoms with van der Waals surface area (Å²) in [6, 6.07) is 7.74. The fourth-order valence-corrected chi connectivity index (χ4v) is 2.85. The molecule has 7 nitrogen and oxygen atoms in total. The molecule has 0 unspecified atom stereocenters. The summed E-state index contributed by atoms with van der Waals surface area (Å²) >= 11 is 0. The van der Waals surface area contributed by atoms with E-state index in [1.165, 1.54) is 6.33 Å². The molecule has 1 aromatic carbocycles. The lowest BCUT2D eigenvalue weighted by Crippen LogP contribution is -2.14. The highest BCUT2D eigenvalue weighted by atomic mass is 35.5. The molecule has 0 bridgehead atoms. The molecule has 0 amide bonds. The van der Waals surface area contributed by atoms with E-state index in [1.807, 2.05) is 37.4 Å². The quantitative estimate of drug-likeness (QED) is 0.556. The number of nitrogens with zero attached hydrogens (tertiary/aromatic N) is 4. The zero-order valence-electron chi connectivity index (χ0n) is 14.0. The zero-order chi connectivity index (χ0) is 16.5. The van der Waals surface area contributed by atoms with Crippen LogP contribution in [0.15, 0.2) is 47.8 Å². The number of H-pyrrole nitrogens is 1. The van der Waals surface area contributed by atoms with Gasteiger partial charge in [-0.1, -0.05) is 6.07 Å². The van der Waals surface area contributed by atoms with Crippen molar-refractivity contribution in [1.29, 1.82) is 0 Å². The number of nitrogens with one attached hydrogen (secondary N) is 2. The average molecular weight is 393 g/mol. The number of imidazole rings is 1. The van der Waals surface area contributed by atoms with Crippen LogP contribution in [0.5, 0.6) is 0 Å². The van der Waals surface area contributed by atoms with Gasteiger partial charge in [-0.05, 0) is 30.7 Å². The van der Waals surface area contributed by atoms with Crippen LogP contribution >= 0.6 is 24.8 Å². The number of halogens is 2. The number of aryl methyl sites for hydroxylation is 1. The first-order valence-electron chi connectivity index (χ1n) is 7.76. The Morgan fingerprint density at radius 3 is 2.81 bits per heavy atom. The lowest BCUT2D eigenvalue weighted by Gasteiger charge is -2.08. The van der Waals surface area contributed by atoms with Gasteiger partial charge in [-0.3, -0.25) is 9.55 Å². The topological polar surface area (TPSA) is 88.5 Å². The Hall–Kier alpha value is -2.64. The van der Waals surface area contributed by atoms with Crippen molar-refractivity contribution in [2.75, 3.05) is 5.32 Å². The van der Waals surface area contributed by atoms with Gasteiger partial charge in [0.25, 0.3) is 0 Å². The van der Waals surface area contributed by atoms with Gasteiger partial charge >= 0.3 is 5.69 Å². The number of hydrogen-bond donors (Lipinski definition) is 2. The van der Waals surface area contributed by atoms with Gasteiger partial charge in [0.05, 0.1) is 16.6 Å². The Morgan fingerprint density at radius 1 is 1.23 bits per heavy atom. The number of pyridine rings is 1. The third kappa shape index (κ3) is 3.49. The highest BCUT2D eigenvalue weighted by Crippen LogP contribution is 2.24. The Labute approximate surface area is 161 Å². The second-order valence-corrected chi connectivity index (χ2v) is 5.50. The van der Waals surface area contributed by atoms with Crippen molar-refractivity contribution in [2.45, 2.75) is 20.0 Å². The molecule has 136 valence electrons. The van der Waals surface area contributed by atoms with Crippen molar-refractivity contribution in [2.24, 2.45) is 0 Å². The molecule has 0 radical (unpaired) electrons. The Bertz CT molecular complexity index is 1080. The molecule has 2 N–H and O–H groups in total. The number of fused-ring (bicyclic) bond motifs is 2. The van der Waals surface area contributed by atoms with Crippen LogP contribution in [0.25, 0.3) is 21.9 Å². The third-order valence-electron chi connectivity index (χ3n) is 4.03. The largest absolute Gasteiger partial charge is 0.365 e. The van der Waals surface area contributed by atoms with Crippen molar-refractivity contribution in [3.05, 3.63) is 59.0 Å². The number of aromatic nitrogens is 5. The van der Waals surface area contributed by atoms with Gasteiger partial charge in [0.1, 0.15) is 12.1 Å². The molecule has 0 fully saturated rings. The standard InChI is InChI=1S/C17H16N6O.2ClH/c1-2-23-15-7-13-12(6-14(15)22-17(23)24)16(21-10-20-13)19-9-11-4-3-5-18-8-11;;/h3-8,10H,2,9H2,1H3,(H,22,24)(H,19,20,21);2*1H. The van der Waals surface area contributed by atoms with E-state index in [0.717, 1.165) is 33.3 Å². The van der Waals surface area contributed by atoms with E-state index in [1.54, 1.807) is 10.8 Å². The minimum atomic E-state index is -0.111. The van der Waals surface area contributed by atoms with Crippen LogP contribution in [0, 0.1) is 0 Å². The smallest absolute Gasteiger partial charge is 0.326 e. The Balaban J connectivity index is 0.00000121. The Kier molecular flexibility index (Phi) is 6.18. The molecule has 0 aliphatic carbocycles. The molecule has 4 aromatic rings. The fourth-order valence-electron chi connectivity index (χ4n) is 2.85. The van der Waals surface area contributed by atoms with E-state index in [2.05, 4.69) is 25.3 Å². The predicted molar refractivity (Wildman–Crippen MR) is 107 cm³/mol. The second-order valence-electron chi connectivity index (χ2n) is 5.50. The van der Waals surface area contributed by atoms with Crippen LogP contribution < -0.4 is 11.0 Å². The summed E-state index contributed by atoms with van der Waals surface area (Å²) in [4.78, 5) is 27.7. The van der Waals surface area contributed by atoms with E-state index in [0.29, 0.717) is 13.1 Å². The van der Waals surface area contributed by atoms with Crippen molar-refractivity contribution < 1.29 is 0 Å². The van der Waals surface area contributed by atoms with Gasteiger partial charge in [-0.2, -0.15) is 0 Å². The van der Waals surface area contributed by atoms with Gasteiger partial charge in [-0.15, -0.1) is 24.8 Å². The molecule has 0 spiro atoms. The average Bonchev–Trinajstić information content (AvgIpc) is 2.93. The van der Waals surface area contributed by atoms with Crippen molar-refractivity contribution in [1.82, 2.24) is 24.5 Å². The van der Waals surface area contributed by atoms with Crippen LogP contribution in [-0.2, 0) is 13.1 Å². The molecule has 26 heavy (non-hydrogen) atoms. The third-order valence-corrected chi connectivity index (χ3v) is 4.03. The molecular weight excluding hydrogens is 375 g/mol. The second kappa shape index (κ2) is 8.16. The molecular formula is C17H18Cl2N6O. The summed E-state index contributed by atoms with van der Waals surface area (Å²) in [6.07, 6.45) is 5.09. The number of benzene rings is 1. The summed E-state index contributed by atoms with van der Waals surface area (Å²) in [7, 11) is 0. The van der Waals surface area contributed by atoms with Crippen molar-refractivity contribution in [3.8, 4) is 0 Å². The zero-order valence-corrected chi connectivity index (χ0v) is 15.6. The molecule has 3 heterocycles. The first kappa shape index (κ1) is 19.7. The SMILES string of the molecule is CCn1c(=O)[nH]c2cc3c(NCc4cccnc4)ncnc3cc21.Cl.Cl. The summed E-state index contributed by atoms with van der Waals surface area (Å²) in [5.41, 5.74) is 3.39. The van der Waals surface area contributed by atoms with E-state index < -0.39 is 0 Å². The monoisotopic (exact) mass is 392 g/mol. The van der Waals surface area contributed by atoms with Crippen LogP contribution in [0.3, 0.4) is 0 Å².